The Morgan fingerprint density at radius 1 is 1.00 bits per heavy atom. The maximum Gasteiger partial charge on any atom is 0.196 e. The van der Waals surface area contributed by atoms with Crippen LogP contribution in [0.5, 0.6) is 5.75 Å². The van der Waals surface area contributed by atoms with Gasteiger partial charge in [0.25, 0.3) is 0 Å². The number of hydrogen-bond acceptors (Lipinski definition) is 4. The zero-order valence-electron chi connectivity index (χ0n) is 13.9. The van der Waals surface area contributed by atoms with Crippen molar-refractivity contribution < 1.29 is 9.53 Å². The number of halogens is 1. The van der Waals surface area contributed by atoms with Crippen molar-refractivity contribution in [2.75, 3.05) is 7.11 Å². The van der Waals surface area contributed by atoms with E-state index in [1.807, 2.05) is 53.9 Å². The topological polar surface area (TPSA) is 39.2 Å². The Morgan fingerprint density at radius 3 is 2.54 bits per heavy atom. The highest BCUT2D eigenvalue weighted by atomic mass is 35.5. The largest absolute Gasteiger partial charge is 0.497 e. The van der Waals surface area contributed by atoms with E-state index in [0.29, 0.717) is 22.0 Å². The average molecular weight is 380 g/mol. The van der Waals surface area contributed by atoms with E-state index in [-0.39, 0.29) is 5.78 Å². The van der Waals surface area contributed by atoms with Crippen LogP contribution in [0.2, 0.25) is 5.15 Å². The molecule has 0 atom stereocenters. The normalized spacial score (nSPS) is 10.8. The fourth-order valence-corrected chi connectivity index (χ4v) is 3.97. The molecule has 4 aromatic rings. The second-order valence-corrected chi connectivity index (χ2v) is 7.03. The van der Waals surface area contributed by atoms with Crippen molar-refractivity contribution in [2.24, 2.45) is 0 Å². The molecule has 0 aliphatic carbocycles. The van der Waals surface area contributed by atoms with E-state index >= 15 is 0 Å². The Balaban J connectivity index is 1.84. The summed E-state index contributed by atoms with van der Waals surface area (Å²) in [4.78, 5) is 17.7. The summed E-state index contributed by atoms with van der Waals surface area (Å²) in [5.74, 6) is 0.685. The van der Waals surface area contributed by atoms with E-state index in [1.54, 1.807) is 30.6 Å². The van der Waals surface area contributed by atoms with Crippen molar-refractivity contribution >= 4 is 38.8 Å². The average Bonchev–Trinajstić information content (AvgIpc) is 3.11. The van der Waals surface area contributed by atoms with Crippen LogP contribution in [0, 0.1) is 0 Å². The quantitative estimate of drug-likeness (QED) is 0.329. The van der Waals surface area contributed by atoms with E-state index < -0.39 is 0 Å². The third-order valence-corrected chi connectivity index (χ3v) is 5.37. The Labute approximate surface area is 159 Å². The smallest absolute Gasteiger partial charge is 0.196 e. The highest BCUT2D eigenvalue weighted by Crippen LogP contribution is 2.31. The fraction of sp³-hybridized carbons (Fsp3) is 0.0476. The van der Waals surface area contributed by atoms with E-state index in [0.717, 1.165) is 21.4 Å². The number of ketones is 1. The molecular formula is C21H14ClNO2S. The lowest BCUT2D eigenvalue weighted by Crippen LogP contribution is -2.04. The second-order valence-electron chi connectivity index (χ2n) is 5.73. The molecule has 0 saturated carbocycles. The van der Waals surface area contributed by atoms with Gasteiger partial charge in [0.05, 0.1) is 12.8 Å². The first-order chi connectivity index (χ1) is 12.7. The van der Waals surface area contributed by atoms with Gasteiger partial charge < -0.3 is 4.74 Å². The Kier molecular flexibility index (Phi) is 4.45. The maximum absolute atomic E-state index is 13.2. The molecule has 0 radical (unpaired) electrons. The summed E-state index contributed by atoms with van der Waals surface area (Å²) in [7, 11) is 1.61. The summed E-state index contributed by atoms with van der Waals surface area (Å²) < 4.78 is 6.29. The van der Waals surface area contributed by atoms with Crippen molar-refractivity contribution in [3.63, 3.8) is 0 Å². The number of carbonyl (C=O) groups is 1. The minimum absolute atomic E-state index is 0.0579. The van der Waals surface area contributed by atoms with Crippen LogP contribution >= 0.6 is 22.9 Å². The number of rotatable bonds is 4. The van der Waals surface area contributed by atoms with Crippen LogP contribution < -0.4 is 4.74 Å². The summed E-state index contributed by atoms with van der Waals surface area (Å²) in [6.45, 7) is 0. The van der Waals surface area contributed by atoms with Crippen LogP contribution in [0.25, 0.3) is 21.3 Å². The van der Waals surface area contributed by atoms with Crippen LogP contribution in [0.3, 0.4) is 0 Å². The first kappa shape index (κ1) is 16.8. The molecule has 0 unspecified atom stereocenters. The van der Waals surface area contributed by atoms with Gasteiger partial charge >= 0.3 is 0 Å². The SMILES string of the molecule is COc1ccc(-c2nc(Cl)ccc2C(=O)c2csc3ccccc23)cc1. The highest BCUT2D eigenvalue weighted by Gasteiger charge is 2.19. The van der Waals surface area contributed by atoms with Gasteiger partial charge in [-0.05, 0) is 42.5 Å². The zero-order chi connectivity index (χ0) is 18.1. The van der Waals surface area contributed by atoms with E-state index in [2.05, 4.69) is 4.98 Å². The zero-order valence-corrected chi connectivity index (χ0v) is 15.5. The molecule has 5 heteroatoms. The number of fused-ring (bicyclic) bond motifs is 1. The Bertz CT molecular complexity index is 1100. The molecule has 0 aliphatic rings. The molecule has 2 heterocycles. The maximum atomic E-state index is 13.2. The minimum Gasteiger partial charge on any atom is -0.497 e. The first-order valence-electron chi connectivity index (χ1n) is 7.99. The number of ether oxygens (including phenoxy) is 1. The Morgan fingerprint density at radius 2 is 1.77 bits per heavy atom. The number of carbonyl (C=O) groups excluding carboxylic acids is 1. The van der Waals surface area contributed by atoms with Crippen LogP contribution in [0.15, 0.2) is 66.0 Å². The third kappa shape index (κ3) is 2.98. The van der Waals surface area contributed by atoms with Gasteiger partial charge in [0, 0.05) is 32.2 Å². The molecular weight excluding hydrogens is 366 g/mol. The van der Waals surface area contributed by atoms with Gasteiger partial charge in [-0.15, -0.1) is 11.3 Å². The predicted octanol–water partition coefficient (Wildman–Crippen LogP) is 5.86. The second kappa shape index (κ2) is 6.90. The van der Waals surface area contributed by atoms with Gasteiger partial charge in [-0.1, -0.05) is 29.8 Å². The number of benzene rings is 2. The lowest BCUT2D eigenvalue weighted by molar-refractivity contribution is 0.104. The van der Waals surface area contributed by atoms with E-state index in [1.165, 1.54) is 0 Å². The lowest BCUT2D eigenvalue weighted by Gasteiger charge is -2.09. The van der Waals surface area contributed by atoms with Crippen molar-refractivity contribution in [3.05, 3.63) is 82.3 Å². The van der Waals surface area contributed by atoms with Gasteiger partial charge in [0.2, 0.25) is 0 Å². The summed E-state index contributed by atoms with van der Waals surface area (Å²) in [5, 5.41) is 3.21. The standard InChI is InChI=1S/C21H14ClNO2S/c1-25-14-8-6-13(7-9-14)20-16(10-11-19(22)23-20)21(24)17-12-26-18-5-3-2-4-15(17)18/h2-12H,1H3. The van der Waals surface area contributed by atoms with Crippen LogP contribution in [0.4, 0.5) is 0 Å². The molecule has 0 amide bonds. The van der Waals surface area contributed by atoms with Crippen molar-refractivity contribution in [2.45, 2.75) is 0 Å². The van der Waals surface area contributed by atoms with Gasteiger partial charge in [-0.2, -0.15) is 0 Å². The molecule has 4 rings (SSSR count). The minimum atomic E-state index is -0.0579. The van der Waals surface area contributed by atoms with E-state index in [9.17, 15) is 4.79 Å². The third-order valence-electron chi connectivity index (χ3n) is 4.19. The van der Waals surface area contributed by atoms with Crippen molar-refractivity contribution in [3.8, 4) is 17.0 Å². The van der Waals surface area contributed by atoms with Gasteiger partial charge in [0.15, 0.2) is 5.78 Å². The number of aromatic nitrogens is 1. The summed E-state index contributed by atoms with van der Waals surface area (Å²) in [6, 6.07) is 18.7. The summed E-state index contributed by atoms with van der Waals surface area (Å²) in [6.07, 6.45) is 0. The van der Waals surface area contributed by atoms with Crippen molar-refractivity contribution in [1.29, 1.82) is 0 Å². The molecule has 0 bridgehead atoms. The summed E-state index contributed by atoms with van der Waals surface area (Å²) >= 11 is 7.67. The Hall–Kier alpha value is -2.69. The van der Waals surface area contributed by atoms with Crippen molar-refractivity contribution in [1.82, 2.24) is 4.98 Å². The molecule has 0 saturated heterocycles. The molecule has 2 aromatic heterocycles. The van der Waals surface area contributed by atoms with Crippen LogP contribution in [-0.4, -0.2) is 17.9 Å². The molecule has 128 valence electrons. The fourth-order valence-electron chi connectivity index (χ4n) is 2.89. The monoisotopic (exact) mass is 379 g/mol. The molecule has 0 spiro atoms. The highest BCUT2D eigenvalue weighted by molar-refractivity contribution is 7.17. The number of methoxy groups -OCH3 is 1. The molecule has 26 heavy (non-hydrogen) atoms. The molecule has 2 aromatic carbocycles. The van der Waals surface area contributed by atoms with Gasteiger partial charge in [-0.3, -0.25) is 4.79 Å². The van der Waals surface area contributed by atoms with E-state index in [4.69, 9.17) is 16.3 Å². The predicted molar refractivity (Wildman–Crippen MR) is 106 cm³/mol. The number of nitrogens with zero attached hydrogens (tertiary/aromatic N) is 1. The lowest BCUT2D eigenvalue weighted by atomic mass is 9.98. The number of pyridine rings is 1. The number of hydrogen-bond donors (Lipinski definition) is 0. The molecule has 0 aliphatic heterocycles. The summed E-state index contributed by atoms with van der Waals surface area (Å²) in [5.41, 5.74) is 2.60. The van der Waals surface area contributed by atoms with Crippen LogP contribution in [0.1, 0.15) is 15.9 Å². The van der Waals surface area contributed by atoms with Gasteiger partial charge in [-0.25, -0.2) is 4.98 Å². The molecule has 3 nitrogen and oxygen atoms in total. The molecule has 0 N–H and O–H groups in total. The number of thiophene rings is 1. The van der Waals surface area contributed by atoms with Gasteiger partial charge in [0.1, 0.15) is 10.9 Å². The van der Waals surface area contributed by atoms with Crippen LogP contribution in [-0.2, 0) is 0 Å². The first-order valence-corrected chi connectivity index (χ1v) is 9.25. The molecule has 0 fully saturated rings.